The molecule has 1 aromatic carbocycles. The van der Waals surface area contributed by atoms with Crippen LogP contribution in [0.1, 0.15) is 5.56 Å². The van der Waals surface area contributed by atoms with Crippen LogP contribution in [0.2, 0.25) is 0 Å². The van der Waals surface area contributed by atoms with E-state index >= 15 is 0 Å². The Kier molecular flexibility index (Phi) is 7.26. The first-order valence-electron chi connectivity index (χ1n) is 8.25. The lowest BCUT2D eigenvalue weighted by atomic mass is 10.1. The summed E-state index contributed by atoms with van der Waals surface area (Å²) in [5.41, 5.74) is 0.609. The zero-order valence-electron chi connectivity index (χ0n) is 15.8. The van der Waals surface area contributed by atoms with Crippen molar-refractivity contribution in [2.75, 3.05) is 47.9 Å². The van der Waals surface area contributed by atoms with E-state index in [2.05, 4.69) is 5.32 Å². The third kappa shape index (κ3) is 5.24. The zero-order valence-corrected chi connectivity index (χ0v) is 16.6. The Bertz CT molecular complexity index is 763. The summed E-state index contributed by atoms with van der Waals surface area (Å²) in [5.74, 6) is 0.107. The van der Waals surface area contributed by atoms with Gasteiger partial charge in [0.05, 0.1) is 19.1 Å². The number of ether oxygens (including phenoxy) is 2. The Balaban J connectivity index is 2.12. The van der Waals surface area contributed by atoms with Crippen LogP contribution in [0, 0.1) is 0 Å². The van der Waals surface area contributed by atoms with Crippen LogP contribution in [-0.2, 0) is 9.59 Å². The number of likely N-dealkylation sites (N-methyl/N-ethyl adjacent to an activating group) is 1. The molecule has 1 aromatic rings. The molecule has 3 amide bonds. The van der Waals surface area contributed by atoms with Crippen LogP contribution in [0.4, 0.5) is 4.79 Å². The monoisotopic (exact) mass is 393 g/mol. The molecule has 0 bridgehead atoms. The number of carbonyl (C=O) groups is 3. The first kappa shape index (κ1) is 20.8. The summed E-state index contributed by atoms with van der Waals surface area (Å²) in [7, 11) is 6.80. The van der Waals surface area contributed by atoms with Gasteiger partial charge in [-0.3, -0.25) is 19.3 Å². The number of amides is 3. The van der Waals surface area contributed by atoms with Gasteiger partial charge in [-0.15, -0.1) is 0 Å². The molecular weight excluding hydrogens is 370 g/mol. The second kappa shape index (κ2) is 9.43. The minimum atomic E-state index is -0.502. The lowest BCUT2D eigenvalue weighted by Gasteiger charge is -2.14. The number of benzene rings is 1. The second-order valence-electron chi connectivity index (χ2n) is 6.00. The van der Waals surface area contributed by atoms with E-state index in [4.69, 9.17) is 9.47 Å². The largest absolute Gasteiger partial charge is 0.493 e. The summed E-state index contributed by atoms with van der Waals surface area (Å²) < 4.78 is 10.6. The van der Waals surface area contributed by atoms with E-state index in [0.717, 1.165) is 16.7 Å². The Hall–Kier alpha value is -2.52. The maximum Gasteiger partial charge on any atom is 0.294 e. The zero-order chi connectivity index (χ0) is 20.0. The van der Waals surface area contributed by atoms with E-state index in [-0.39, 0.29) is 17.4 Å². The molecule has 0 aromatic heterocycles. The highest BCUT2D eigenvalue weighted by Gasteiger charge is 2.36. The van der Waals surface area contributed by atoms with Gasteiger partial charge in [-0.25, -0.2) is 0 Å². The first-order chi connectivity index (χ1) is 12.9. The normalized spacial score (nSPS) is 15.6. The molecule has 0 radical (unpaired) electrons. The predicted molar refractivity (Wildman–Crippen MR) is 104 cm³/mol. The lowest BCUT2D eigenvalue weighted by molar-refractivity contribution is -0.129. The van der Waals surface area contributed by atoms with E-state index in [0.29, 0.717) is 30.2 Å². The molecule has 0 spiro atoms. The molecule has 0 saturated carbocycles. The van der Waals surface area contributed by atoms with E-state index in [1.165, 1.54) is 14.2 Å². The maximum absolute atomic E-state index is 12.5. The van der Waals surface area contributed by atoms with Crippen LogP contribution in [0.3, 0.4) is 0 Å². The summed E-state index contributed by atoms with van der Waals surface area (Å²) >= 11 is 0.794. The SMILES string of the molecule is COc1cccc(/C=C2\SC(=O)N(CC(=O)NCCN(C)C)C2=O)c1OC. The van der Waals surface area contributed by atoms with Crippen LogP contribution < -0.4 is 14.8 Å². The topological polar surface area (TPSA) is 88.2 Å². The molecule has 0 unspecified atom stereocenters. The Morgan fingerprint density at radius 1 is 1.26 bits per heavy atom. The number of hydrogen-bond acceptors (Lipinski definition) is 7. The van der Waals surface area contributed by atoms with Crippen molar-refractivity contribution >= 4 is 34.9 Å². The van der Waals surface area contributed by atoms with Crippen molar-refractivity contribution in [3.05, 3.63) is 28.7 Å². The molecule has 1 saturated heterocycles. The number of thioether (sulfide) groups is 1. The fourth-order valence-electron chi connectivity index (χ4n) is 2.42. The molecule has 146 valence electrons. The highest BCUT2D eigenvalue weighted by atomic mass is 32.2. The smallest absolute Gasteiger partial charge is 0.294 e. The Morgan fingerprint density at radius 3 is 2.63 bits per heavy atom. The molecule has 2 rings (SSSR count). The molecule has 27 heavy (non-hydrogen) atoms. The standard InChI is InChI=1S/C18H23N3O5S/c1-20(2)9-8-19-15(22)11-21-17(23)14(27-18(21)24)10-12-6-5-7-13(25-3)16(12)26-4/h5-7,10H,8-9,11H2,1-4H3,(H,19,22)/b14-10-. The molecule has 8 nitrogen and oxygen atoms in total. The molecule has 1 aliphatic rings. The lowest BCUT2D eigenvalue weighted by Crippen LogP contribution is -2.41. The number of carbonyl (C=O) groups excluding carboxylic acids is 3. The molecule has 1 aliphatic heterocycles. The Labute approximate surface area is 162 Å². The van der Waals surface area contributed by atoms with Gasteiger partial charge in [0.2, 0.25) is 5.91 Å². The summed E-state index contributed by atoms with van der Waals surface area (Å²) in [6, 6.07) is 5.25. The number of imide groups is 1. The van der Waals surface area contributed by atoms with Crippen LogP contribution in [-0.4, -0.2) is 74.8 Å². The van der Waals surface area contributed by atoms with Gasteiger partial charge in [-0.1, -0.05) is 12.1 Å². The van der Waals surface area contributed by atoms with Crippen molar-refractivity contribution < 1.29 is 23.9 Å². The average molecular weight is 393 g/mol. The summed E-state index contributed by atoms with van der Waals surface area (Å²) in [6.45, 7) is 0.812. The third-order valence-corrected chi connectivity index (χ3v) is 4.68. The number of hydrogen-bond donors (Lipinski definition) is 1. The van der Waals surface area contributed by atoms with Crippen molar-refractivity contribution in [3.8, 4) is 11.5 Å². The van der Waals surface area contributed by atoms with Gasteiger partial charge < -0.3 is 19.7 Å². The third-order valence-electron chi connectivity index (χ3n) is 3.78. The van der Waals surface area contributed by atoms with Crippen molar-refractivity contribution in [1.29, 1.82) is 0 Å². The molecule has 1 fully saturated rings. The molecular formula is C18H23N3O5S. The highest BCUT2D eigenvalue weighted by molar-refractivity contribution is 8.18. The second-order valence-corrected chi connectivity index (χ2v) is 7.00. The number of nitrogens with zero attached hydrogens (tertiary/aromatic N) is 2. The van der Waals surface area contributed by atoms with Crippen LogP contribution in [0.25, 0.3) is 6.08 Å². The molecule has 9 heteroatoms. The summed E-state index contributed by atoms with van der Waals surface area (Å²) in [5, 5.41) is 2.21. The molecule has 0 aliphatic carbocycles. The first-order valence-corrected chi connectivity index (χ1v) is 9.06. The van der Waals surface area contributed by atoms with Gasteiger partial charge in [0, 0.05) is 18.7 Å². The quantitative estimate of drug-likeness (QED) is 0.668. The van der Waals surface area contributed by atoms with Gasteiger partial charge >= 0.3 is 0 Å². The van der Waals surface area contributed by atoms with Gasteiger partial charge in [0.25, 0.3) is 11.1 Å². The van der Waals surface area contributed by atoms with E-state index in [9.17, 15) is 14.4 Å². The van der Waals surface area contributed by atoms with Crippen LogP contribution in [0.5, 0.6) is 11.5 Å². The van der Waals surface area contributed by atoms with Crippen molar-refractivity contribution in [1.82, 2.24) is 15.1 Å². The molecule has 1 N–H and O–H groups in total. The fourth-order valence-corrected chi connectivity index (χ4v) is 3.25. The van der Waals surface area contributed by atoms with Crippen molar-refractivity contribution in [2.24, 2.45) is 0 Å². The number of nitrogens with one attached hydrogen (secondary N) is 1. The van der Waals surface area contributed by atoms with Gasteiger partial charge in [-0.05, 0) is 38.0 Å². The maximum atomic E-state index is 12.5. The van der Waals surface area contributed by atoms with Gasteiger partial charge in [-0.2, -0.15) is 0 Å². The summed E-state index contributed by atoms with van der Waals surface area (Å²) in [6.07, 6.45) is 1.57. The van der Waals surface area contributed by atoms with Gasteiger partial charge in [0.1, 0.15) is 6.54 Å². The number of rotatable bonds is 8. The van der Waals surface area contributed by atoms with E-state index < -0.39 is 11.1 Å². The molecule has 0 atom stereocenters. The fraction of sp³-hybridized carbons (Fsp3) is 0.389. The number of para-hydroxylation sites is 1. The number of methoxy groups -OCH3 is 2. The van der Waals surface area contributed by atoms with Crippen LogP contribution in [0.15, 0.2) is 23.1 Å². The molecule has 1 heterocycles. The van der Waals surface area contributed by atoms with Gasteiger partial charge in [0.15, 0.2) is 11.5 Å². The average Bonchev–Trinajstić information content (AvgIpc) is 2.88. The van der Waals surface area contributed by atoms with Crippen LogP contribution >= 0.6 is 11.8 Å². The van der Waals surface area contributed by atoms with E-state index in [1.807, 2.05) is 19.0 Å². The van der Waals surface area contributed by atoms with Crippen molar-refractivity contribution in [2.45, 2.75) is 0 Å². The van der Waals surface area contributed by atoms with E-state index in [1.54, 1.807) is 24.3 Å². The highest BCUT2D eigenvalue weighted by Crippen LogP contribution is 2.37. The Morgan fingerprint density at radius 2 is 2.00 bits per heavy atom. The summed E-state index contributed by atoms with van der Waals surface area (Å²) in [4.78, 5) is 39.8. The van der Waals surface area contributed by atoms with Crippen molar-refractivity contribution in [3.63, 3.8) is 0 Å². The minimum Gasteiger partial charge on any atom is -0.493 e. The predicted octanol–water partition coefficient (Wildman–Crippen LogP) is 1.42. The minimum absolute atomic E-state index is 0.229.